The summed E-state index contributed by atoms with van der Waals surface area (Å²) in [4.78, 5) is 12.7. The highest BCUT2D eigenvalue weighted by Crippen LogP contribution is 2.37. The number of hydrogen-bond donors (Lipinski definition) is 2. The van der Waals surface area contributed by atoms with Crippen LogP contribution in [0, 0.1) is 0 Å². The predicted octanol–water partition coefficient (Wildman–Crippen LogP) is 1.69. The third-order valence-electron chi connectivity index (χ3n) is 4.38. The Labute approximate surface area is 155 Å². The summed E-state index contributed by atoms with van der Waals surface area (Å²) in [6.45, 7) is 8.28. The SMILES string of the molecule is COCCNS(=O)(=O)c1cccc(C(=O)N[C@H]2CC(C)(C)OC2(C)C)c1. The van der Waals surface area contributed by atoms with Crippen LogP contribution in [0.25, 0.3) is 0 Å². The van der Waals surface area contributed by atoms with Crippen LogP contribution in [0.15, 0.2) is 29.2 Å². The lowest BCUT2D eigenvalue weighted by Gasteiger charge is -2.27. The van der Waals surface area contributed by atoms with Crippen LogP contribution in [0.3, 0.4) is 0 Å². The van der Waals surface area contributed by atoms with Gasteiger partial charge in [0, 0.05) is 19.2 Å². The molecule has 0 saturated carbocycles. The van der Waals surface area contributed by atoms with E-state index in [4.69, 9.17) is 9.47 Å². The average Bonchev–Trinajstić information content (AvgIpc) is 2.74. The third kappa shape index (κ3) is 5.03. The van der Waals surface area contributed by atoms with Crippen LogP contribution in [-0.2, 0) is 19.5 Å². The molecule has 1 aliphatic rings. The van der Waals surface area contributed by atoms with Gasteiger partial charge < -0.3 is 14.8 Å². The summed E-state index contributed by atoms with van der Waals surface area (Å²) in [5.74, 6) is -0.321. The van der Waals surface area contributed by atoms with Gasteiger partial charge >= 0.3 is 0 Å². The van der Waals surface area contributed by atoms with Crippen molar-refractivity contribution in [3.05, 3.63) is 29.8 Å². The van der Waals surface area contributed by atoms with E-state index in [1.54, 1.807) is 12.1 Å². The number of methoxy groups -OCH3 is 1. The maximum atomic E-state index is 12.6. The Balaban J connectivity index is 2.13. The van der Waals surface area contributed by atoms with Crippen molar-refractivity contribution in [2.24, 2.45) is 0 Å². The van der Waals surface area contributed by atoms with E-state index >= 15 is 0 Å². The van der Waals surface area contributed by atoms with Crippen molar-refractivity contribution >= 4 is 15.9 Å². The monoisotopic (exact) mass is 384 g/mol. The second-order valence-electron chi connectivity index (χ2n) is 7.61. The maximum absolute atomic E-state index is 12.6. The number of rotatable bonds is 7. The zero-order valence-electron chi connectivity index (χ0n) is 16.0. The van der Waals surface area contributed by atoms with E-state index in [2.05, 4.69) is 10.0 Å². The van der Waals surface area contributed by atoms with Gasteiger partial charge in [0.15, 0.2) is 0 Å². The van der Waals surface area contributed by atoms with Crippen LogP contribution in [0.1, 0.15) is 44.5 Å². The molecule has 2 rings (SSSR count). The molecule has 1 saturated heterocycles. The molecule has 1 atom stereocenters. The summed E-state index contributed by atoms with van der Waals surface area (Å²) in [5, 5.41) is 2.97. The van der Waals surface area contributed by atoms with Gasteiger partial charge in [0.25, 0.3) is 5.91 Å². The summed E-state index contributed by atoms with van der Waals surface area (Å²) in [5.41, 5.74) is -0.525. The number of ether oxygens (including phenoxy) is 2. The van der Waals surface area contributed by atoms with E-state index in [0.29, 0.717) is 12.0 Å². The molecule has 0 radical (unpaired) electrons. The fraction of sp³-hybridized carbons (Fsp3) is 0.611. The fourth-order valence-electron chi connectivity index (χ4n) is 3.19. The highest BCUT2D eigenvalue weighted by Gasteiger charge is 2.46. The van der Waals surface area contributed by atoms with Gasteiger partial charge in [-0.1, -0.05) is 6.07 Å². The van der Waals surface area contributed by atoms with E-state index < -0.39 is 15.6 Å². The smallest absolute Gasteiger partial charge is 0.251 e. The van der Waals surface area contributed by atoms with Crippen molar-refractivity contribution in [3.8, 4) is 0 Å². The first-order chi connectivity index (χ1) is 12.0. The first kappa shape index (κ1) is 20.8. The van der Waals surface area contributed by atoms with Gasteiger partial charge in [-0.3, -0.25) is 4.79 Å². The molecule has 1 aliphatic heterocycles. The summed E-state index contributed by atoms with van der Waals surface area (Å²) in [6.07, 6.45) is 0.683. The Morgan fingerprint density at radius 3 is 2.58 bits per heavy atom. The topological polar surface area (TPSA) is 93.7 Å². The first-order valence-electron chi connectivity index (χ1n) is 8.56. The van der Waals surface area contributed by atoms with Crippen LogP contribution < -0.4 is 10.0 Å². The molecule has 0 spiro atoms. The Kier molecular flexibility index (Phi) is 6.12. The molecule has 0 aromatic heterocycles. The second-order valence-corrected chi connectivity index (χ2v) is 9.38. The maximum Gasteiger partial charge on any atom is 0.251 e. The van der Waals surface area contributed by atoms with Crippen LogP contribution in [0.4, 0.5) is 0 Å². The zero-order valence-corrected chi connectivity index (χ0v) is 16.8. The number of hydrogen-bond acceptors (Lipinski definition) is 5. The lowest BCUT2D eigenvalue weighted by atomic mass is 9.94. The number of carbonyl (C=O) groups excluding carboxylic acids is 1. The molecule has 1 aromatic rings. The van der Waals surface area contributed by atoms with Crippen LogP contribution in [-0.4, -0.2) is 51.8 Å². The molecular formula is C18H28N2O5S. The molecule has 26 heavy (non-hydrogen) atoms. The minimum absolute atomic E-state index is 0.0449. The van der Waals surface area contributed by atoms with Crippen molar-refractivity contribution in [2.45, 2.75) is 56.3 Å². The van der Waals surface area contributed by atoms with E-state index in [1.807, 2.05) is 27.7 Å². The molecule has 0 aliphatic carbocycles. The zero-order chi connectivity index (χ0) is 19.6. The van der Waals surface area contributed by atoms with Crippen molar-refractivity contribution in [3.63, 3.8) is 0 Å². The molecule has 7 nitrogen and oxygen atoms in total. The number of nitrogens with one attached hydrogen (secondary N) is 2. The first-order valence-corrected chi connectivity index (χ1v) is 10.0. The highest BCUT2D eigenvalue weighted by molar-refractivity contribution is 7.89. The molecule has 2 N–H and O–H groups in total. The van der Waals surface area contributed by atoms with Gasteiger partial charge in [0.2, 0.25) is 10.0 Å². The minimum Gasteiger partial charge on any atom is -0.383 e. The van der Waals surface area contributed by atoms with Crippen LogP contribution >= 0.6 is 0 Å². The Morgan fingerprint density at radius 1 is 1.31 bits per heavy atom. The second kappa shape index (κ2) is 7.64. The average molecular weight is 384 g/mol. The van der Waals surface area contributed by atoms with Crippen molar-refractivity contribution in [1.29, 1.82) is 0 Å². The molecule has 8 heteroatoms. The van der Waals surface area contributed by atoms with Crippen molar-refractivity contribution < 1.29 is 22.7 Å². The molecule has 1 amide bonds. The van der Waals surface area contributed by atoms with Crippen LogP contribution in [0.5, 0.6) is 0 Å². The Morgan fingerprint density at radius 2 is 2.00 bits per heavy atom. The third-order valence-corrected chi connectivity index (χ3v) is 5.84. The van der Waals surface area contributed by atoms with Gasteiger partial charge in [-0.05, 0) is 52.3 Å². The highest BCUT2D eigenvalue weighted by atomic mass is 32.2. The summed E-state index contributed by atoms with van der Waals surface area (Å²) in [6, 6.07) is 5.82. The molecule has 1 aromatic carbocycles. The minimum atomic E-state index is -3.69. The van der Waals surface area contributed by atoms with Gasteiger partial charge in [-0.25, -0.2) is 13.1 Å². The standard InChI is InChI=1S/C18H28N2O5S/c1-17(2)12-15(18(3,4)25-17)20-16(21)13-7-6-8-14(11-13)26(22,23)19-9-10-24-5/h6-8,11,15,19H,9-10,12H2,1-5H3,(H,20,21)/t15-/m0/s1. The Hall–Kier alpha value is -1.48. The van der Waals surface area contributed by atoms with E-state index in [9.17, 15) is 13.2 Å². The Bertz CT molecular complexity index is 759. The van der Waals surface area contributed by atoms with Gasteiger partial charge in [-0.2, -0.15) is 0 Å². The van der Waals surface area contributed by atoms with Gasteiger partial charge in [-0.15, -0.1) is 0 Å². The molecule has 0 bridgehead atoms. The van der Waals surface area contributed by atoms with Gasteiger partial charge in [0.05, 0.1) is 28.7 Å². The number of benzene rings is 1. The summed E-state index contributed by atoms with van der Waals surface area (Å²) in [7, 11) is -2.20. The number of sulfonamides is 1. The van der Waals surface area contributed by atoms with E-state index in [1.165, 1.54) is 19.2 Å². The molecule has 1 heterocycles. The van der Waals surface area contributed by atoms with Crippen LogP contribution in [0.2, 0.25) is 0 Å². The fourth-order valence-corrected chi connectivity index (χ4v) is 4.25. The van der Waals surface area contributed by atoms with Crippen molar-refractivity contribution in [1.82, 2.24) is 10.0 Å². The molecule has 1 fully saturated rings. The summed E-state index contributed by atoms with van der Waals surface area (Å²) < 4.78 is 37.9. The van der Waals surface area contributed by atoms with E-state index in [-0.39, 0.29) is 35.6 Å². The lowest BCUT2D eigenvalue weighted by Crippen LogP contribution is -2.46. The quantitative estimate of drug-likeness (QED) is 0.698. The molecule has 0 unspecified atom stereocenters. The van der Waals surface area contributed by atoms with Crippen molar-refractivity contribution in [2.75, 3.05) is 20.3 Å². The number of carbonyl (C=O) groups is 1. The molecule has 146 valence electrons. The van der Waals surface area contributed by atoms with Gasteiger partial charge in [0.1, 0.15) is 0 Å². The summed E-state index contributed by atoms with van der Waals surface area (Å²) >= 11 is 0. The molecular weight excluding hydrogens is 356 g/mol. The lowest BCUT2D eigenvalue weighted by molar-refractivity contribution is -0.0693. The largest absolute Gasteiger partial charge is 0.383 e. The number of amides is 1. The predicted molar refractivity (Wildman–Crippen MR) is 98.6 cm³/mol. The normalized spacial score (nSPS) is 21.5. The van der Waals surface area contributed by atoms with E-state index in [0.717, 1.165) is 0 Å².